The first-order valence-corrected chi connectivity index (χ1v) is 18.5. The summed E-state index contributed by atoms with van der Waals surface area (Å²) < 4.78 is 22.9. The zero-order valence-corrected chi connectivity index (χ0v) is 30.7. The average Bonchev–Trinajstić information content (AvgIpc) is 3.25. The van der Waals surface area contributed by atoms with E-state index in [4.69, 9.17) is 18.9 Å². The molecular formula is C42H49N5O8. The fraction of sp³-hybridized carbons (Fsp3) is 0.333. The van der Waals surface area contributed by atoms with Gasteiger partial charge < -0.3 is 45.5 Å². The maximum Gasteiger partial charge on any atom is 0.338 e. The second-order valence-electron chi connectivity index (χ2n) is 13.0. The number of benzene rings is 4. The molecular weight excluding hydrogens is 702 g/mol. The van der Waals surface area contributed by atoms with Gasteiger partial charge in [0.15, 0.2) is 0 Å². The molecule has 0 aromatic heterocycles. The highest BCUT2D eigenvalue weighted by Gasteiger charge is 2.22. The van der Waals surface area contributed by atoms with Gasteiger partial charge in [0.1, 0.15) is 26.4 Å². The largest absolute Gasteiger partial charge is 0.460 e. The molecule has 0 amide bonds. The third-order valence-electron chi connectivity index (χ3n) is 8.78. The van der Waals surface area contributed by atoms with Crippen LogP contribution in [0, 0.1) is 0 Å². The number of nitrogens with one attached hydrogen (secondary N) is 5. The predicted molar refractivity (Wildman–Crippen MR) is 207 cm³/mol. The summed E-state index contributed by atoms with van der Waals surface area (Å²) >= 11 is 0. The minimum atomic E-state index is -0.460. The van der Waals surface area contributed by atoms with Crippen molar-refractivity contribution in [1.82, 2.24) is 26.6 Å². The molecule has 55 heavy (non-hydrogen) atoms. The van der Waals surface area contributed by atoms with Crippen molar-refractivity contribution in [2.24, 2.45) is 0 Å². The number of rotatable bonds is 12. The Bertz CT molecular complexity index is 1620. The fourth-order valence-electron chi connectivity index (χ4n) is 5.66. The maximum atomic E-state index is 12.9. The lowest BCUT2D eigenvalue weighted by Crippen LogP contribution is -2.53. The van der Waals surface area contributed by atoms with Crippen LogP contribution in [-0.2, 0) is 18.9 Å². The van der Waals surface area contributed by atoms with E-state index in [0.717, 1.165) is 0 Å². The number of carbonyl (C=O) groups excluding carboxylic acids is 4. The van der Waals surface area contributed by atoms with Gasteiger partial charge in [-0.2, -0.15) is 0 Å². The Kier molecular flexibility index (Phi) is 16.8. The van der Waals surface area contributed by atoms with Gasteiger partial charge in [-0.05, 0) is 48.5 Å². The van der Waals surface area contributed by atoms with Crippen LogP contribution >= 0.6 is 0 Å². The molecule has 0 bridgehead atoms. The standard InChI is InChI=1S/C42H49N5O8/c48-39(31-13-5-1-6-14-31)52-27-35-23-43-21-22-44-36(28-53-40(49)32-15-7-2-8-16-32)24-46-38(30-55-42(51)34-19-11-4-12-20-34)26-47-37(25-45-35)29-54-41(50)33-17-9-3-10-18-33/h1-20,35-38,43-47H,21-30H2/t35-,36-,37-,38-/m1/s1. The first-order valence-electron chi connectivity index (χ1n) is 18.5. The van der Waals surface area contributed by atoms with Gasteiger partial charge in [0.05, 0.1) is 46.4 Å². The topological polar surface area (TPSA) is 165 Å². The van der Waals surface area contributed by atoms with Crippen LogP contribution < -0.4 is 26.6 Å². The van der Waals surface area contributed by atoms with E-state index in [0.29, 0.717) is 61.5 Å². The third kappa shape index (κ3) is 14.4. The Balaban J connectivity index is 1.30. The highest BCUT2D eigenvalue weighted by atomic mass is 16.5. The first-order chi connectivity index (χ1) is 26.9. The number of hydrogen-bond donors (Lipinski definition) is 5. The summed E-state index contributed by atoms with van der Waals surface area (Å²) in [7, 11) is 0. The van der Waals surface area contributed by atoms with E-state index < -0.39 is 23.9 Å². The lowest BCUT2D eigenvalue weighted by molar-refractivity contribution is 0.0408. The van der Waals surface area contributed by atoms with Gasteiger partial charge in [0.25, 0.3) is 0 Å². The molecule has 4 aromatic rings. The highest BCUT2D eigenvalue weighted by molar-refractivity contribution is 5.90. The highest BCUT2D eigenvalue weighted by Crippen LogP contribution is 2.06. The van der Waals surface area contributed by atoms with Crippen LogP contribution in [0.15, 0.2) is 121 Å². The molecule has 290 valence electrons. The summed E-state index contributed by atoms with van der Waals surface area (Å²) in [5, 5.41) is 17.3. The van der Waals surface area contributed by atoms with E-state index in [9.17, 15) is 19.2 Å². The second kappa shape index (κ2) is 22.7. The summed E-state index contributed by atoms with van der Waals surface area (Å²) in [5.41, 5.74) is 1.77. The lowest BCUT2D eigenvalue weighted by Gasteiger charge is -2.27. The van der Waals surface area contributed by atoms with E-state index in [1.54, 1.807) is 97.1 Å². The Morgan fingerprint density at radius 2 is 0.655 bits per heavy atom. The number of ether oxygens (including phenoxy) is 4. The number of esters is 4. The molecule has 0 saturated carbocycles. The molecule has 1 aliphatic rings. The molecule has 1 fully saturated rings. The van der Waals surface area contributed by atoms with E-state index in [1.165, 1.54) is 0 Å². The molecule has 0 radical (unpaired) electrons. The molecule has 1 aliphatic heterocycles. The van der Waals surface area contributed by atoms with Gasteiger partial charge in [0.2, 0.25) is 0 Å². The molecule has 4 aromatic carbocycles. The summed E-state index contributed by atoms with van der Waals surface area (Å²) in [6.07, 6.45) is 0. The van der Waals surface area contributed by atoms with Crippen molar-refractivity contribution in [3.05, 3.63) is 144 Å². The van der Waals surface area contributed by atoms with Gasteiger partial charge in [-0.15, -0.1) is 0 Å². The molecule has 5 rings (SSSR count). The maximum absolute atomic E-state index is 12.9. The molecule has 13 nitrogen and oxygen atoms in total. The van der Waals surface area contributed by atoms with Crippen molar-refractivity contribution in [2.45, 2.75) is 24.2 Å². The molecule has 1 saturated heterocycles. The van der Waals surface area contributed by atoms with Crippen molar-refractivity contribution in [3.63, 3.8) is 0 Å². The Morgan fingerprint density at radius 3 is 0.964 bits per heavy atom. The van der Waals surface area contributed by atoms with Crippen LogP contribution in [0.3, 0.4) is 0 Å². The van der Waals surface area contributed by atoms with Crippen LogP contribution in [0.2, 0.25) is 0 Å². The molecule has 4 atom stereocenters. The molecule has 0 unspecified atom stereocenters. The zero-order valence-electron chi connectivity index (χ0n) is 30.7. The van der Waals surface area contributed by atoms with Gasteiger partial charge in [0, 0.05) is 39.3 Å². The normalized spacial score (nSPS) is 19.8. The van der Waals surface area contributed by atoms with Gasteiger partial charge in [-0.3, -0.25) is 0 Å². The Morgan fingerprint density at radius 1 is 0.382 bits per heavy atom. The van der Waals surface area contributed by atoms with E-state index >= 15 is 0 Å². The third-order valence-corrected chi connectivity index (χ3v) is 8.78. The van der Waals surface area contributed by atoms with Crippen LogP contribution in [0.5, 0.6) is 0 Å². The fourth-order valence-corrected chi connectivity index (χ4v) is 5.66. The quantitative estimate of drug-likeness (QED) is 0.106. The number of carbonyl (C=O) groups is 4. The molecule has 5 N–H and O–H groups in total. The summed E-state index contributed by atoms with van der Waals surface area (Å²) in [6.45, 7) is 2.83. The van der Waals surface area contributed by atoms with Crippen LogP contribution in [0.1, 0.15) is 41.4 Å². The second-order valence-corrected chi connectivity index (χ2v) is 13.0. The molecule has 1 heterocycles. The van der Waals surface area contributed by atoms with Gasteiger partial charge in [-0.1, -0.05) is 72.8 Å². The molecule has 0 spiro atoms. The zero-order chi connectivity index (χ0) is 38.5. The van der Waals surface area contributed by atoms with Crippen molar-refractivity contribution in [1.29, 1.82) is 0 Å². The van der Waals surface area contributed by atoms with E-state index in [1.807, 2.05) is 24.3 Å². The van der Waals surface area contributed by atoms with Crippen molar-refractivity contribution in [3.8, 4) is 0 Å². The van der Waals surface area contributed by atoms with Gasteiger partial charge >= 0.3 is 23.9 Å². The van der Waals surface area contributed by atoms with E-state index in [2.05, 4.69) is 26.6 Å². The minimum Gasteiger partial charge on any atom is -0.460 e. The van der Waals surface area contributed by atoms with Crippen LogP contribution in [0.4, 0.5) is 0 Å². The van der Waals surface area contributed by atoms with Crippen molar-refractivity contribution >= 4 is 23.9 Å². The Hall–Kier alpha value is -5.44. The van der Waals surface area contributed by atoms with Crippen LogP contribution in [0.25, 0.3) is 0 Å². The smallest absolute Gasteiger partial charge is 0.338 e. The first kappa shape index (κ1) is 40.7. The minimum absolute atomic E-state index is 0.0286. The SMILES string of the molecule is O=C(OC[C@H]1CNCCN[C@@H](COC(=O)c2ccccc2)CN[C@@H](COC(=O)c2ccccc2)CN[C@@H](COC(=O)c2ccccc2)CN1)c1ccccc1. The monoisotopic (exact) mass is 751 g/mol. The van der Waals surface area contributed by atoms with Crippen LogP contribution in [-0.4, -0.2) is 114 Å². The summed E-state index contributed by atoms with van der Waals surface area (Å²) in [5.74, 6) is -1.78. The van der Waals surface area contributed by atoms with Gasteiger partial charge in [-0.25, -0.2) is 19.2 Å². The Labute approximate surface area is 321 Å². The average molecular weight is 752 g/mol. The molecule has 13 heteroatoms. The van der Waals surface area contributed by atoms with E-state index in [-0.39, 0.29) is 50.6 Å². The summed E-state index contributed by atoms with van der Waals surface area (Å²) in [4.78, 5) is 51.5. The summed E-state index contributed by atoms with van der Waals surface area (Å²) in [6, 6.07) is 33.7. The predicted octanol–water partition coefficient (Wildman–Crippen LogP) is 2.85. The number of hydrogen-bond acceptors (Lipinski definition) is 13. The van der Waals surface area contributed by atoms with Crippen molar-refractivity contribution < 1.29 is 38.1 Å². The molecule has 0 aliphatic carbocycles. The van der Waals surface area contributed by atoms with Crippen molar-refractivity contribution in [2.75, 3.05) is 65.7 Å². The lowest BCUT2D eigenvalue weighted by atomic mass is 10.2.